The molecule has 2 saturated heterocycles. The standard InChI is InChI=1S/C16H19FN2O4/c17-12-6-11(18-14(20)2-1-3-15(21)22)4-5-13(12)19-7-16(8-19)9-23-10-16/h4-6H,1-3,7-10H2,(H,18,20)(H,21,22). The number of nitrogens with zero attached hydrogens (tertiary/aromatic N) is 1. The Balaban J connectivity index is 1.52. The van der Waals surface area contributed by atoms with Crippen molar-refractivity contribution in [3.05, 3.63) is 24.0 Å². The van der Waals surface area contributed by atoms with E-state index in [0.29, 0.717) is 11.4 Å². The first-order valence-electron chi connectivity index (χ1n) is 7.61. The van der Waals surface area contributed by atoms with E-state index in [9.17, 15) is 14.0 Å². The molecule has 1 aromatic rings. The first-order valence-corrected chi connectivity index (χ1v) is 7.61. The number of carbonyl (C=O) groups excluding carboxylic acids is 1. The lowest BCUT2D eigenvalue weighted by Crippen LogP contribution is -2.66. The number of carboxylic acids is 1. The van der Waals surface area contributed by atoms with Crippen LogP contribution in [0.25, 0.3) is 0 Å². The molecule has 1 spiro atoms. The van der Waals surface area contributed by atoms with E-state index in [2.05, 4.69) is 5.32 Å². The van der Waals surface area contributed by atoms with Crippen molar-refractivity contribution in [1.82, 2.24) is 0 Å². The summed E-state index contributed by atoms with van der Waals surface area (Å²) in [5.41, 5.74) is 1.13. The van der Waals surface area contributed by atoms with E-state index in [4.69, 9.17) is 9.84 Å². The van der Waals surface area contributed by atoms with E-state index >= 15 is 0 Å². The van der Waals surface area contributed by atoms with Crippen LogP contribution in [0.2, 0.25) is 0 Å². The highest BCUT2D eigenvalue weighted by Gasteiger charge is 2.49. The lowest BCUT2D eigenvalue weighted by molar-refractivity contribution is -0.137. The zero-order chi connectivity index (χ0) is 16.4. The number of amides is 1. The summed E-state index contributed by atoms with van der Waals surface area (Å²) < 4.78 is 19.4. The summed E-state index contributed by atoms with van der Waals surface area (Å²) in [5, 5.41) is 11.1. The Hall–Kier alpha value is -2.15. The van der Waals surface area contributed by atoms with E-state index < -0.39 is 5.97 Å². The predicted octanol–water partition coefficient (Wildman–Crippen LogP) is 1.86. The highest BCUT2D eigenvalue weighted by molar-refractivity contribution is 5.91. The normalized spacial score (nSPS) is 18.2. The topological polar surface area (TPSA) is 78.9 Å². The number of aliphatic carboxylic acids is 1. The largest absolute Gasteiger partial charge is 0.481 e. The molecule has 0 radical (unpaired) electrons. The van der Waals surface area contributed by atoms with Gasteiger partial charge in [0.1, 0.15) is 5.82 Å². The van der Waals surface area contributed by atoms with Gasteiger partial charge in [-0.1, -0.05) is 0 Å². The number of carbonyl (C=O) groups is 2. The number of benzene rings is 1. The SMILES string of the molecule is O=C(O)CCCC(=O)Nc1ccc(N2CC3(COC3)C2)c(F)c1. The van der Waals surface area contributed by atoms with Crippen LogP contribution in [0.1, 0.15) is 19.3 Å². The van der Waals surface area contributed by atoms with Crippen LogP contribution in [-0.2, 0) is 14.3 Å². The Morgan fingerprint density at radius 2 is 2.04 bits per heavy atom. The van der Waals surface area contributed by atoms with Gasteiger partial charge in [-0.15, -0.1) is 0 Å². The zero-order valence-electron chi connectivity index (χ0n) is 12.7. The van der Waals surface area contributed by atoms with Gasteiger partial charge < -0.3 is 20.1 Å². The van der Waals surface area contributed by atoms with E-state index in [1.807, 2.05) is 4.90 Å². The molecule has 2 aliphatic rings. The van der Waals surface area contributed by atoms with Gasteiger partial charge >= 0.3 is 5.97 Å². The van der Waals surface area contributed by atoms with Crippen LogP contribution < -0.4 is 10.2 Å². The molecule has 1 amide bonds. The van der Waals surface area contributed by atoms with Crippen LogP contribution in [0.5, 0.6) is 0 Å². The molecule has 2 fully saturated rings. The second kappa shape index (κ2) is 6.16. The number of hydrogen-bond acceptors (Lipinski definition) is 4. The monoisotopic (exact) mass is 322 g/mol. The average Bonchev–Trinajstić information content (AvgIpc) is 2.37. The average molecular weight is 322 g/mol. The number of carboxylic acid groups (broad SMARTS) is 1. The molecule has 3 rings (SSSR count). The molecule has 7 heteroatoms. The fraction of sp³-hybridized carbons (Fsp3) is 0.500. The molecule has 0 aromatic heterocycles. The van der Waals surface area contributed by atoms with Crippen molar-refractivity contribution < 1.29 is 23.8 Å². The molecule has 23 heavy (non-hydrogen) atoms. The number of anilines is 2. The van der Waals surface area contributed by atoms with Crippen molar-refractivity contribution in [1.29, 1.82) is 0 Å². The van der Waals surface area contributed by atoms with Crippen molar-refractivity contribution >= 4 is 23.3 Å². The maximum absolute atomic E-state index is 14.2. The van der Waals surface area contributed by atoms with Gasteiger partial charge in [0, 0.05) is 31.6 Å². The zero-order valence-corrected chi connectivity index (χ0v) is 12.7. The molecule has 0 saturated carbocycles. The van der Waals surface area contributed by atoms with E-state index in [1.54, 1.807) is 12.1 Å². The molecule has 2 heterocycles. The summed E-state index contributed by atoms with van der Waals surface area (Å²) in [6.45, 7) is 3.08. The predicted molar refractivity (Wildman–Crippen MR) is 82.0 cm³/mol. The van der Waals surface area contributed by atoms with Gasteiger partial charge in [0.15, 0.2) is 0 Å². The molecule has 2 aliphatic heterocycles. The van der Waals surface area contributed by atoms with Crippen LogP contribution in [0.4, 0.5) is 15.8 Å². The molecular weight excluding hydrogens is 303 g/mol. The maximum atomic E-state index is 14.2. The minimum Gasteiger partial charge on any atom is -0.481 e. The first-order chi connectivity index (χ1) is 11.0. The summed E-state index contributed by atoms with van der Waals surface area (Å²) in [4.78, 5) is 24.0. The minimum atomic E-state index is -0.933. The van der Waals surface area contributed by atoms with Crippen molar-refractivity contribution in [3.63, 3.8) is 0 Å². The van der Waals surface area contributed by atoms with Crippen LogP contribution in [0.3, 0.4) is 0 Å². The summed E-state index contributed by atoms with van der Waals surface area (Å²) in [5.74, 6) is -1.62. The molecular formula is C16H19FN2O4. The second-order valence-corrected chi connectivity index (χ2v) is 6.31. The number of rotatable bonds is 6. The molecule has 0 atom stereocenters. The second-order valence-electron chi connectivity index (χ2n) is 6.31. The lowest BCUT2D eigenvalue weighted by atomic mass is 9.78. The molecule has 0 unspecified atom stereocenters. The Morgan fingerprint density at radius 1 is 1.30 bits per heavy atom. The Bertz CT molecular complexity index is 623. The highest BCUT2D eigenvalue weighted by atomic mass is 19.1. The summed E-state index contributed by atoms with van der Waals surface area (Å²) >= 11 is 0. The van der Waals surface area contributed by atoms with Gasteiger partial charge in [-0.2, -0.15) is 0 Å². The van der Waals surface area contributed by atoms with Crippen molar-refractivity contribution in [2.45, 2.75) is 19.3 Å². The molecule has 0 aliphatic carbocycles. The summed E-state index contributed by atoms with van der Waals surface area (Å²) in [6.07, 6.45) is 0.311. The van der Waals surface area contributed by atoms with Gasteiger partial charge in [-0.05, 0) is 24.6 Å². The first kappa shape index (κ1) is 15.7. The minimum absolute atomic E-state index is 0.0544. The Labute approximate surface area is 133 Å². The fourth-order valence-corrected chi connectivity index (χ4v) is 2.97. The molecule has 6 nitrogen and oxygen atoms in total. The third-order valence-electron chi connectivity index (χ3n) is 4.24. The van der Waals surface area contributed by atoms with Gasteiger partial charge in [-0.3, -0.25) is 9.59 Å². The van der Waals surface area contributed by atoms with Crippen molar-refractivity contribution in [2.75, 3.05) is 36.5 Å². The third kappa shape index (κ3) is 3.44. The summed E-state index contributed by atoms with van der Waals surface area (Å²) in [6, 6.07) is 4.62. The number of nitrogens with one attached hydrogen (secondary N) is 1. The maximum Gasteiger partial charge on any atom is 0.303 e. The van der Waals surface area contributed by atoms with E-state index in [-0.39, 0.29) is 36.4 Å². The lowest BCUT2D eigenvalue weighted by Gasteiger charge is -2.56. The molecule has 1 aromatic carbocycles. The molecule has 124 valence electrons. The fourth-order valence-electron chi connectivity index (χ4n) is 2.97. The summed E-state index contributed by atoms with van der Waals surface area (Å²) in [7, 11) is 0. The molecule has 2 N–H and O–H groups in total. The van der Waals surface area contributed by atoms with Gasteiger partial charge in [0.05, 0.1) is 24.3 Å². The molecule has 0 bridgehead atoms. The van der Waals surface area contributed by atoms with Gasteiger partial charge in [0.25, 0.3) is 0 Å². The quantitative estimate of drug-likeness (QED) is 0.836. The number of ether oxygens (including phenoxy) is 1. The third-order valence-corrected chi connectivity index (χ3v) is 4.24. The van der Waals surface area contributed by atoms with Crippen LogP contribution in [0, 0.1) is 11.2 Å². The van der Waals surface area contributed by atoms with E-state index in [0.717, 1.165) is 26.3 Å². The van der Waals surface area contributed by atoms with Crippen molar-refractivity contribution in [3.8, 4) is 0 Å². The van der Waals surface area contributed by atoms with Gasteiger partial charge in [0.2, 0.25) is 5.91 Å². The highest BCUT2D eigenvalue weighted by Crippen LogP contribution is 2.41. The smallest absolute Gasteiger partial charge is 0.303 e. The van der Waals surface area contributed by atoms with Crippen LogP contribution in [-0.4, -0.2) is 43.3 Å². The number of halogens is 1. The van der Waals surface area contributed by atoms with E-state index in [1.165, 1.54) is 6.07 Å². The van der Waals surface area contributed by atoms with Crippen molar-refractivity contribution in [2.24, 2.45) is 5.41 Å². The number of hydrogen-bond donors (Lipinski definition) is 2. The Morgan fingerprint density at radius 3 is 2.61 bits per heavy atom. The van der Waals surface area contributed by atoms with Gasteiger partial charge in [-0.25, -0.2) is 4.39 Å². The van der Waals surface area contributed by atoms with Crippen LogP contribution in [0.15, 0.2) is 18.2 Å². The van der Waals surface area contributed by atoms with Crippen LogP contribution >= 0.6 is 0 Å². The Kier molecular flexibility index (Phi) is 4.21.